The van der Waals surface area contributed by atoms with Crippen LogP contribution in [-0.4, -0.2) is 30.3 Å². The van der Waals surface area contributed by atoms with Crippen molar-refractivity contribution in [3.63, 3.8) is 0 Å². The van der Waals surface area contributed by atoms with Gasteiger partial charge in [0.2, 0.25) is 7.37 Å². The molecule has 1 saturated heterocycles. The zero-order valence-electron chi connectivity index (χ0n) is 13.8. The molecule has 0 radical (unpaired) electrons. The van der Waals surface area contributed by atoms with Gasteiger partial charge in [-0.3, -0.25) is 4.57 Å². The highest BCUT2D eigenvalue weighted by Gasteiger charge is 2.29. The minimum atomic E-state index is -3.30. The second-order valence-corrected chi connectivity index (χ2v) is 8.70. The number of nitrogens with one attached hydrogen (secondary N) is 1. The van der Waals surface area contributed by atoms with Gasteiger partial charge in [0.05, 0.1) is 36.5 Å². The largest absolute Gasteiger partial charge is 0.374 e. The van der Waals surface area contributed by atoms with Crippen LogP contribution in [0.3, 0.4) is 0 Å². The van der Waals surface area contributed by atoms with Gasteiger partial charge < -0.3 is 14.9 Å². The average Bonchev–Trinajstić information content (AvgIpc) is 2.62. The zero-order chi connectivity index (χ0) is 17.7. The van der Waals surface area contributed by atoms with Gasteiger partial charge in [-0.1, -0.05) is 42.5 Å². The Morgan fingerprint density at radius 2 is 2.04 bits per heavy atom. The minimum absolute atomic E-state index is 0.00301. The Hall–Kier alpha value is -1.96. The maximum Gasteiger partial charge on any atom is 0.207 e. The van der Waals surface area contributed by atoms with E-state index < -0.39 is 7.37 Å². The zero-order valence-corrected chi connectivity index (χ0v) is 14.7. The lowest BCUT2D eigenvalue weighted by Gasteiger charge is -2.31. The van der Waals surface area contributed by atoms with Gasteiger partial charge in [-0.2, -0.15) is 5.26 Å². The van der Waals surface area contributed by atoms with Crippen molar-refractivity contribution < 1.29 is 14.2 Å². The van der Waals surface area contributed by atoms with E-state index in [1.54, 1.807) is 6.07 Å². The molecule has 1 fully saturated rings. The van der Waals surface area contributed by atoms with Crippen LogP contribution in [0.15, 0.2) is 54.6 Å². The van der Waals surface area contributed by atoms with E-state index in [-0.39, 0.29) is 24.5 Å². The molecule has 0 spiro atoms. The molecule has 1 heterocycles. The number of hydrogen-bond donors (Lipinski definition) is 2. The lowest BCUT2D eigenvalue weighted by molar-refractivity contribution is 0.0156. The molecular weight excluding hydrogens is 335 g/mol. The van der Waals surface area contributed by atoms with Crippen LogP contribution in [0.4, 0.5) is 0 Å². The fourth-order valence-electron chi connectivity index (χ4n) is 3.03. The van der Waals surface area contributed by atoms with Crippen molar-refractivity contribution in [2.75, 3.05) is 19.3 Å². The Morgan fingerprint density at radius 3 is 2.72 bits per heavy atom. The number of nitrogens with zero attached hydrogens (tertiary/aromatic N) is 1. The standard InChI is InChI=1S/C19H21N2O3P/c20-10-16-7-4-8-17(9-16)19-12-24-18(11-21-19)14-25(22,23)13-15-5-2-1-3-6-15/h1-9,18-19,21H,11-14H2,(H,22,23)/t18-,19+/m1/s1. The molecule has 1 unspecified atom stereocenters. The normalized spacial score (nSPS) is 22.7. The lowest BCUT2D eigenvalue weighted by Crippen LogP contribution is -2.42. The van der Waals surface area contributed by atoms with E-state index in [1.165, 1.54) is 0 Å². The first-order valence-electron chi connectivity index (χ1n) is 8.25. The Kier molecular flexibility index (Phi) is 5.67. The van der Waals surface area contributed by atoms with E-state index in [4.69, 9.17) is 10.00 Å². The fourth-order valence-corrected chi connectivity index (χ4v) is 4.81. The molecule has 130 valence electrons. The van der Waals surface area contributed by atoms with E-state index in [0.717, 1.165) is 11.1 Å². The van der Waals surface area contributed by atoms with Crippen LogP contribution >= 0.6 is 7.37 Å². The van der Waals surface area contributed by atoms with E-state index in [9.17, 15) is 9.46 Å². The minimum Gasteiger partial charge on any atom is -0.374 e. The molecular formula is C19H21N2O3P. The molecule has 6 heteroatoms. The summed E-state index contributed by atoms with van der Waals surface area (Å²) in [6, 6.07) is 18.9. The third-order valence-electron chi connectivity index (χ3n) is 4.27. The van der Waals surface area contributed by atoms with Gasteiger partial charge in [0.1, 0.15) is 0 Å². The van der Waals surface area contributed by atoms with E-state index in [1.807, 2.05) is 48.5 Å². The average molecular weight is 356 g/mol. The molecule has 3 rings (SSSR count). The molecule has 0 bridgehead atoms. The van der Waals surface area contributed by atoms with E-state index in [0.29, 0.717) is 18.7 Å². The first-order chi connectivity index (χ1) is 12.1. The van der Waals surface area contributed by atoms with Crippen LogP contribution < -0.4 is 5.32 Å². The van der Waals surface area contributed by atoms with Crippen molar-refractivity contribution in [2.45, 2.75) is 18.3 Å². The van der Waals surface area contributed by atoms with Crippen molar-refractivity contribution in [3.8, 4) is 6.07 Å². The van der Waals surface area contributed by atoms with Crippen molar-refractivity contribution in [3.05, 3.63) is 71.3 Å². The summed E-state index contributed by atoms with van der Waals surface area (Å²) in [4.78, 5) is 10.3. The van der Waals surface area contributed by atoms with Gasteiger partial charge >= 0.3 is 0 Å². The highest BCUT2D eigenvalue weighted by atomic mass is 31.2. The summed E-state index contributed by atoms with van der Waals surface area (Å²) in [5.41, 5.74) is 2.47. The number of benzene rings is 2. The van der Waals surface area contributed by atoms with E-state index in [2.05, 4.69) is 11.4 Å². The molecule has 25 heavy (non-hydrogen) atoms. The van der Waals surface area contributed by atoms with Crippen molar-refractivity contribution in [1.29, 1.82) is 5.26 Å². The van der Waals surface area contributed by atoms with Gasteiger partial charge in [-0.15, -0.1) is 0 Å². The van der Waals surface area contributed by atoms with Crippen molar-refractivity contribution in [2.24, 2.45) is 0 Å². The van der Waals surface area contributed by atoms with Crippen LogP contribution in [0.25, 0.3) is 0 Å². The number of hydrogen-bond acceptors (Lipinski definition) is 4. The third-order valence-corrected chi connectivity index (χ3v) is 6.11. The summed E-state index contributed by atoms with van der Waals surface area (Å²) >= 11 is 0. The Bertz CT molecular complexity index is 796. The summed E-state index contributed by atoms with van der Waals surface area (Å²) < 4.78 is 18.3. The summed E-state index contributed by atoms with van der Waals surface area (Å²) in [6.07, 6.45) is 0.0243. The smallest absolute Gasteiger partial charge is 0.207 e. The number of rotatable bonds is 5. The van der Waals surface area contributed by atoms with Gasteiger partial charge in [0.25, 0.3) is 0 Å². The predicted octanol–water partition coefficient (Wildman–Crippen LogP) is 3.06. The Morgan fingerprint density at radius 1 is 1.24 bits per heavy atom. The fraction of sp³-hybridized carbons (Fsp3) is 0.316. The van der Waals surface area contributed by atoms with Crippen LogP contribution in [0.2, 0.25) is 0 Å². The van der Waals surface area contributed by atoms with Gasteiger partial charge in [0.15, 0.2) is 0 Å². The molecule has 5 nitrogen and oxygen atoms in total. The summed E-state index contributed by atoms with van der Waals surface area (Å²) in [5.74, 6) is 0. The van der Waals surface area contributed by atoms with Crippen LogP contribution in [-0.2, 0) is 15.5 Å². The van der Waals surface area contributed by atoms with E-state index >= 15 is 0 Å². The first kappa shape index (κ1) is 17.8. The quantitative estimate of drug-likeness (QED) is 0.805. The molecule has 1 aliphatic heterocycles. The van der Waals surface area contributed by atoms with Crippen LogP contribution in [0, 0.1) is 11.3 Å². The van der Waals surface area contributed by atoms with Crippen LogP contribution in [0.5, 0.6) is 0 Å². The van der Waals surface area contributed by atoms with Crippen LogP contribution in [0.1, 0.15) is 22.7 Å². The number of ether oxygens (including phenoxy) is 1. The van der Waals surface area contributed by atoms with Crippen molar-refractivity contribution in [1.82, 2.24) is 5.32 Å². The second kappa shape index (κ2) is 7.95. The number of nitriles is 1. The first-order valence-corrected chi connectivity index (χ1v) is 10.3. The third kappa shape index (κ3) is 5.01. The Balaban J connectivity index is 1.55. The van der Waals surface area contributed by atoms with Crippen molar-refractivity contribution >= 4 is 7.37 Å². The monoisotopic (exact) mass is 356 g/mol. The SMILES string of the molecule is N#Cc1cccc([C@@H]2CO[C@@H](CP(=O)(O)Cc3ccccc3)CN2)c1. The van der Waals surface area contributed by atoms with Gasteiger partial charge in [0, 0.05) is 12.7 Å². The number of morpholine rings is 1. The molecule has 0 aliphatic carbocycles. The molecule has 0 amide bonds. The summed E-state index contributed by atoms with van der Waals surface area (Å²) in [5, 5.41) is 12.3. The van der Waals surface area contributed by atoms with Gasteiger partial charge in [-0.05, 0) is 23.3 Å². The maximum atomic E-state index is 12.5. The molecule has 2 N–H and O–H groups in total. The maximum absolute atomic E-state index is 12.5. The summed E-state index contributed by atoms with van der Waals surface area (Å²) in [6.45, 7) is 0.936. The highest BCUT2D eigenvalue weighted by Crippen LogP contribution is 2.45. The molecule has 3 atom stereocenters. The molecule has 0 aromatic heterocycles. The lowest BCUT2D eigenvalue weighted by atomic mass is 10.0. The highest BCUT2D eigenvalue weighted by molar-refractivity contribution is 7.57. The molecule has 0 saturated carbocycles. The second-order valence-electron chi connectivity index (χ2n) is 6.33. The van der Waals surface area contributed by atoms with Gasteiger partial charge in [-0.25, -0.2) is 0 Å². The Labute approximate surface area is 147 Å². The molecule has 2 aromatic carbocycles. The topological polar surface area (TPSA) is 82.3 Å². The summed E-state index contributed by atoms with van der Waals surface area (Å²) in [7, 11) is -3.30. The predicted molar refractivity (Wildman–Crippen MR) is 96.5 cm³/mol. The molecule has 2 aromatic rings. The molecule has 1 aliphatic rings.